The number of ether oxygens (including phenoxy) is 1. The van der Waals surface area contributed by atoms with Crippen LogP contribution in [-0.4, -0.2) is 11.7 Å². The molecule has 114 valence electrons. The Morgan fingerprint density at radius 3 is 2.91 bits per heavy atom. The molecule has 0 bridgehead atoms. The third-order valence-electron chi connectivity index (χ3n) is 4.70. The van der Waals surface area contributed by atoms with Gasteiger partial charge in [-0.1, -0.05) is 33.6 Å². The second kappa shape index (κ2) is 5.28. The van der Waals surface area contributed by atoms with Crippen LogP contribution in [0, 0.1) is 12.8 Å². The van der Waals surface area contributed by atoms with E-state index in [1.54, 1.807) is 6.07 Å². The van der Waals surface area contributed by atoms with Crippen molar-refractivity contribution >= 4 is 21.6 Å². The number of nitrogens with one attached hydrogen (secondary N) is 1. The molecule has 0 unspecified atom stereocenters. The SMILES string of the molecule is Cc1ccc2c(c1)[C@H]1OCC[C@H]1[C@H](c1cc(O)ccc1Br)N2. The molecule has 0 radical (unpaired) electrons. The van der Waals surface area contributed by atoms with Crippen molar-refractivity contribution in [2.75, 3.05) is 11.9 Å². The van der Waals surface area contributed by atoms with Gasteiger partial charge in [0, 0.05) is 28.2 Å². The van der Waals surface area contributed by atoms with Crippen molar-refractivity contribution in [2.45, 2.75) is 25.5 Å². The Labute approximate surface area is 138 Å². The predicted octanol–water partition coefficient (Wildman–Crippen LogP) is 4.71. The van der Waals surface area contributed by atoms with Crippen molar-refractivity contribution in [2.24, 2.45) is 5.92 Å². The van der Waals surface area contributed by atoms with Crippen molar-refractivity contribution in [3.63, 3.8) is 0 Å². The van der Waals surface area contributed by atoms with Crippen LogP contribution in [0.5, 0.6) is 5.75 Å². The molecule has 0 spiro atoms. The summed E-state index contributed by atoms with van der Waals surface area (Å²) in [6, 6.07) is 12.1. The zero-order valence-electron chi connectivity index (χ0n) is 12.3. The summed E-state index contributed by atoms with van der Waals surface area (Å²) in [7, 11) is 0. The summed E-state index contributed by atoms with van der Waals surface area (Å²) in [5.41, 5.74) is 4.74. The molecule has 3 atom stereocenters. The van der Waals surface area contributed by atoms with E-state index in [1.165, 1.54) is 11.1 Å². The number of halogens is 1. The van der Waals surface area contributed by atoms with Crippen molar-refractivity contribution < 1.29 is 9.84 Å². The zero-order valence-corrected chi connectivity index (χ0v) is 13.9. The first-order valence-corrected chi connectivity index (χ1v) is 8.40. The third kappa shape index (κ3) is 2.22. The summed E-state index contributed by atoms with van der Waals surface area (Å²) in [5, 5.41) is 13.5. The number of hydrogen-bond donors (Lipinski definition) is 2. The Morgan fingerprint density at radius 2 is 2.05 bits per heavy atom. The molecule has 2 N–H and O–H groups in total. The minimum absolute atomic E-state index is 0.135. The molecule has 2 heterocycles. The van der Waals surface area contributed by atoms with E-state index in [1.807, 2.05) is 12.1 Å². The van der Waals surface area contributed by atoms with E-state index in [0.29, 0.717) is 11.7 Å². The van der Waals surface area contributed by atoms with E-state index >= 15 is 0 Å². The maximum Gasteiger partial charge on any atom is 0.116 e. The van der Waals surface area contributed by atoms with Crippen LogP contribution in [0.15, 0.2) is 40.9 Å². The lowest BCUT2D eigenvalue weighted by Crippen LogP contribution is -2.29. The molecule has 0 saturated carbocycles. The van der Waals surface area contributed by atoms with Gasteiger partial charge in [0.1, 0.15) is 5.75 Å². The molecule has 0 aromatic heterocycles. The fourth-order valence-corrected chi connectivity index (χ4v) is 4.16. The number of fused-ring (bicyclic) bond motifs is 3. The molecule has 1 saturated heterocycles. The lowest BCUT2D eigenvalue weighted by atomic mass is 9.80. The molecule has 1 fully saturated rings. The van der Waals surface area contributed by atoms with Gasteiger partial charge in [0.2, 0.25) is 0 Å². The van der Waals surface area contributed by atoms with Crippen LogP contribution in [0.4, 0.5) is 5.69 Å². The lowest BCUT2D eigenvalue weighted by molar-refractivity contribution is 0.0828. The molecule has 2 aromatic carbocycles. The first-order chi connectivity index (χ1) is 10.6. The van der Waals surface area contributed by atoms with Crippen LogP contribution < -0.4 is 5.32 Å². The van der Waals surface area contributed by atoms with Gasteiger partial charge >= 0.3 is 0 Å². The molecule has 22 heavy (non-hydrogen) atoms. The monoisotopic (exact) mass is 359 g/mol. The van der Waals surface area contributed by atoms with Gasteiger partial charge in [-0.3, -0.25) is 0 Å². The second-order valence-corrected chi connectivity index (χ2v) is 7.02. The Kier molecular flexibility index (Phi) is 3.39. The highest BCUT2D eigenvalue weighted by atomic mass is 79.9. The number of rotatable bonds is 1. The van der Waals surface area contributed by atoms with Crippen LogP contribution in [-0.2, 0) is 4.74 Å². The standard InChI is InChI=1S/C18H18BrNO2/c1-10-2-5-16-14(8-10)18-12(6-7-22-18)17(20-16)13-9-11(21)3-4-15(13)19/h2-5,8-9,12,17-18,20-21H,6-7H2,1H3/t12-,17+,18-/m0/s1. The van der Waals surface area contributed by atoms with Crippen molar-refractivity contribution in [1.29, 1.82) is 0 Å². The average molecular weight is 360 g/mol. The number of phenols is 1. The first-order valence-electron chi connectivity index (χ1n) is 7.60. The van der Waals surface area contributed by atoms with E-state index < -0.39 is 0 Å². The molecule has 0 amide bonds. The van der Waals surface area contributed by atoms with Gasteiger partial charge < -0.3 is 15.2 Å². The maximum absolute atomic E-state index is 9.86. The highest BCUT2D eigenvalue weighted by Crippen LogP contribution is 2.51. The van der Waals surface area contributed by atoms with E-state index in [4.69, 9.17) is 4.74 Å². The largest absolute Gasteiger partial charge is 0.508 e. The smallest absolute Gasteiger partial charge is 0.116 e. The van der Waals surface area contributed by atoms with Crippen molar-refractivity contribution in [1.82, 2.24) is 0 Å². The van der Waals surface area contributed by atoms with Crippen LogP contribution in [0.25, 0.3) is 0 Å². The number of aryl methyl sites for hydroxylation is 1. The Morgan fingerprint density at radius 1 is 1.18 bits per heavy atom. The molecule has 2 aliphatic rings. The topological polar surface area (TPSA) is 41.5 Å². The van der Waals surface area contributed by atoms with Crippen molar-refractivity contribution in [3.05, 3.63) is 57.6 Å². The molecular weight excluding hydrogens is 342 g/mol. The van der Waals surface area contributed by atoms with Crippen LogP contribution in [0.1, 0.15) is 35.3 Å². The fourth-order valence-electron chi connectivity index (χ4n) is 3.67. The molecular formula is C18H18BrNO2. The van der Waals surface area contributed by atoms with Gasteiger partial charge in [-0.2, -0.15) is 0 Å². The second-order valence-electron chi connectivity index (χ2n) is 6.16. The van der Waals surface area contributed by atoms with Gasteiger partial charge in [0.15, 0.2) is 0 Å². The first kappa shape index (κ1) is 14.1. The van der Waals surface area contributed by atoms with Gasteiger partial charge in [-0.05, 0) is 43.2 Å². The third-order valence-corrected chi connectivity index (χ3v) is 5.43. The number of anilines is 1. The number of phenolic OH excluding ortho intramolecular Hbond substituents is 1. The molecule has 2 aliphatic heterocycles. The van der Waals surface area contributed by atoms with E-state index in [-0.39, 0.29) is 12.1 Å². The minimum Gasteiger partial charge on any atom is -0.508 e. The predicted molar refractivity (Wildman–Crippen MR) is 90.1 cm³/mol. The van der Waals surface area contributed by atoms with Gasteiger partial charge in [0.25, 0.3) is 0 Å². The number of aromatic hydroxyl groups is 1. The quantitative estimate of drug-likeness (QED) is 0.774. The lowest BCUT2D eigenvalue weighted by Gasteiger charge is -2.37. The normalized spacial score (nSPS) is 26.2. The molecule has 0 aliphatic carbocycles. The number of hydrogen-bond acceptors (Lipinski definition) is 3. The summed E-state index contributed by atoms with van der Waals surface area (Å²) >= 11 is 3.62. The van der Waals surface area contributed by atoms with Crippen molar-refractivity contribution in [3.8, 4) is 5.75 Å². The summed E-state index contributed by atoms with van der Waals surface area (Å²) < 4.78 is 7.06. The maximum atomic E-state index is 9.86. The Balaban J connectivity index is 1.82. The fraction of sp³-hybridized carbons (Fsp3) is 0.333. The molecule has 4 heteroatoms. The highest BCUT2D eigenvalue weighted by Gasteiger charge is 2.42. The minimum atomic E-state index is 0.135. The Bertz CT molecular complexity index is 731. The van der Waals surface area contributed by atoms with Gasteiger partial charge in [-0.15, -0.1) is 0 Å². The van der Waals surface area contributed by atoms with Gasteiger partial charge in [0.05, 0.1) is 12.1 Å². The molecule has 4 rings (SSSR count). The van der Waals surface area contributed by atoms with Crippen LogP contribution >= 0.6 is 15.9 Å². The summed E-state index contributed by atoms with van der Waals surface area (Å²) in [4.78, 5) is 0. The summed E-state index contributed by atoms with van der Waals surface area (Å²) in [6.45, 7) is 2.90. The summed E-state index contributed by atoms with van der Waals surface area (Å²) in [5.74, 6) is 0.678. The highest BCUT2D eigenvalue weighted by molar-refractivity contribution is 9.10. The van der Waals surface area contributed by atoms with Crippen LogP contribution in [0.2, 0.25) is 0 Å². The van der Waals surface area contributed by atoms with E-state index in [0.717, 1.165) is 28.8 Å². The number of benzene rings is 2. The van der Waals surface area contributed by atoms with Gasteiger partial charge in [-0.25, -0.2) is 0 Å². The molecule has 3 nitrogen and oxygen atoms in total. The van der Waals surface area contributed by atoms with E-state index in [2.05, 4.69) is 46.4 Å². The molecule has 2 aromatic rings. The van der Waals surface area contributed by atoms with Crippen LogP contribution in [0.3, 0.4) is 0 Å². The Hall–Kier alpha value is -1.52. The zero-order chi connectivity index (χ0) is 15.3. The van der Waals surface area contributed by atoms with E-state index in [9.17, 15) is 5.11 Å². The summed E-state index contributed by atoms with van der Waals surface area (Å²) in [6.07, 6.45) is 1.16. The average Bonchev–Trinajstić information content (AvgIpc) is 2.99.